The van der Waals surface area contributed by atoms with Crippen molar-refractivity contribution in [3.63, 3.8) is 0 Å². The van der Waals surface area contributed by atoms with Crippen LogP contribution in [0.15, 0.2) is 6.07 Å². The molecule has 5 nitrogen and oxygen atoms in total. The van der Waals surface area contributed by atoms with Crippen molar-refractivity contribution in [2.24, 2.45) is 0 Å². The van der Waals surface area contributed by atoms with E-state index in [0.29, 0.717) is 17.2 Å². The Labute approximate surface area is 125 Å². The van der Waals surface area contributed by atoms with Gasteiger partial charge in [0.1, 0.15) is 18.2 Å². The van der Waals surface area contributed by atoms with Gasteiger partial charge in [-0.15, -0.1) is 0 Å². The predicted molar refractivity (Wildman–Crippen MR) is 85.5 cm³/mol. The van der Waals surface area contributed by atoms with Gasteiger partial charge in [0.2, 0.25) is 0 Å². The van der Waals surface area contributed by atoms with E-state index < -0.39 is 0 Å². The third kappa shape index (κ3) is 3.76. The van der Waals surface area contributed by atoms with Crippen LogP contribution in [0.25, 0.3) is 0 Å². The molecule has 1 aliphatic rings. The number of nitrogens with zero attached hydrogens (tertiary/aromatic N) is 2. The summed E-state index contributed by atoms with van der Waals surface area (Å²) in [5.74, 6) is 2.44. The fourth-order valence-electron chi connectivity index (χ4n) is 2.33. The number of methoxy groups -OCH3 is 1. The quantitative estimate of drug-likeness (QED) is 0.769. The number of ether oxygens (including phenoxy) is 1. The Balaban J connectivity index is 2.05. The molecule has 0 amide bonds. The third-order valence-electron chi connectivity index (χ3n) is 3.69. The summed E-state index contributed by atoms with van der Waals surface area (Å²) < 4.78 is 5.52. The van der Waals surface area contributed by atoms with Crippen molar-refractivity contribution in [3.05, 3.63) is 11.9 Å². The molecule has 0 unspecified atom stereocenters. The highest BCUT2D eigenvalue weighted by Gasteiger charge is 2.35. The summed E-state index contributed by atoms with van der Waals surface area (Å²) in [7, 11) is 1.66. The molecule has 1 fully saturated rings. The molecule has 2 rings (SSSR count). The van der Waals surface area contributed by atoms with Crippen LogP contribution in [0.4, 0.5) is 11.6 Å². The summed E-state index contributed by atoms with van der Waals surface area (Å²) in [4.78, 5) is 8.92. The minimum Gasteiger partial charge on any atom is -0.377 e. The molecule has 20 heavy (non-hydrogen) atoms. The molecular formula is C14H24N4OS. The first-order valence-corrected chi connectivity index (χ1v) is 8.33. The van der Waals surface area contributed by atoms with Crippen LogP contribution in [0.3, 0.4) is 0 Å². The summed E-state index contributed by atoms with van der Waals surface area (Å²) in [5, 5.41) is 6.70. The Morgan fingerprint density at radius 1 is 1.30 bits per heavy atom. The van der Waals surface area contributed by atoms with Gasteiger partial charge in [-0.25, -0.2) is 9.97 Å². The van der Waals surface area contributed by atoms with Crippen LogP contribution >= 0.6 is 11.8 Å². The Morgan fingerprint density at radius 3 is 2.50 bits per heavy atom. The van der Waals surface area contributed by atoms with E-state index in [4.69, 9.17) is 4.74 Å². The molecule has 6 heteroatoms. The predicted octanol–water partition coefficient (Wildman–Crippen LogP) is 2.75. The molecule has 1 heterocycles. The van der Waals surface area contributed by atoms with Crippen LogP contribution in [0.5, 0.6) is 0 Å². The zero-order chi connectivity index (χ0) is 14.4. The first-order valence-electron chi connectivity index (χ1n) is 7.11. The number of aromatic nitrogens is 2. The molecule has 1 aromatic heterocycles. The second-order valence-corrected chi connectivity index (χ2v) is 6.39. The summed E-state index contributed by atoms with van der Waals surface area (Å²) in [6.07, 6.45) is 6.11. The first kappa shape index (κ1) is 15.4. The van der Waals surface area contributed by atoms with E-state index in [9.17, 15) is 0 Å². The molecule has 0 bridgehead atoms. The van der Waals surface area contributed by atoms with Crippen LogP contribution < -0.4 is 10.6 Å². The number of hydrogen-bond acceptors (Lipinski definition) is 6. The average Bonchev–Trinajstić information content (AvgIpc) is 2.38. The highest BCUT2D eigenvalue weighted by Crippen LogP contribution is 2.42. The fraction of sp³-hybridized carbons (Fsp3) is 0.714. The largest absolute Gasteiger partial charge is 0.377 e. The van der Waals surface area contributed by atoms with Gasteiger partial charge in [0.15, 0.2) is 5.82 Å². The summed E-state index contributed by atoms with van der Waals surface area (Å²) in [6.45, 7) is 4.30. The number of hydrogen-bond donors (Lipinski definition) is 2. The van der Waals surface area contributed by atoms with Gasteiger partial charge in [0.05, 0.1) is 0 Å². The highest BCUT2D eigenvalue weighted by molar-refractivity contribution is 8.00. The molecule has 2 N–H and O–H groups in total. The second-order valence-electron chi connectivity index (χ2n) is 5.11. The molecule has 0 saturated heterocycles. The lowest BCUT2D eigenvalue weighted by Crippen LogP contribution is -2.40. The molecule has 0 spiro atoms. The van der Waals surface area contributed by atoms with Gasteiger partial charge in [-0.3, -0.25) is 0 Å². The highest BCUT2D eigenvalue weighted by atomic mass is 32.2. The van der Waals surface area contributed by atoms with E-state index in [1.807, 2.05) is 17.8 Å². The van der Waals surface area contributed by atoms with Gasteiger partial charge in [0.25, 0.3) is 0 Å². The van der Waals surface area contributed by atoms with E-state index in [-0.39, 0.29) is 0 Å². The molecule has 0 atom stereocenters. The number of nitrogens with one attached hydrogen (secondary N) is 2. The van der Waals surface area contributed by atoms with Crippen LogP contribution in [-0.4, -0.2) is 41.2 Å². The molecule has 0 radical (unpaired) electrons. The van der Waals surface area contributed by atoms with Crippen molar-refractivity contribution in [3.8, 4) is 0 Å². The minimum absolute atomic E-state index is 0.394. The van der Waals surface area contributed by atoms with Gasteiger partial charge >= 0.3 is 0 Å². The third-order valence-corrected chi connectivity index (χ3v) is 5.11. The molecule has 0 aromatic carbocycles. The lowest BCUT2D eigenvalue weighted by atomic mass is 9.84. The molecule has 0 aliphatic heterocycles. The minimum atomic E-state index is 0.394. The summed E-state index contributed by atoms with van der Waals surface area (Å²) in [6, 6.07) is 1.97. The molecule has 1 saturated carbocycles. The van der Waals surface area contributed by atoms with Crippen LogP contribution in [0, 0.1) is 0 Å². The van der Waals surface area contributed by atoms with Crippen molar-refractivity contribution in [2.45, 2.75) is 37.5 Å². The zero-order valence-electron chi connectivity index (χ0n) is 12.5. The SMILES string of the molecule is CCNc1cc(NCC2(SC)CCC2)nc(COC)n1. The first-order chi connectivity index (χ1) is 9.71. The van der Waals surface area contributed by atoms with Gasteiger partial charge in [-0.1, -0.05) is 6.42 Å². The number of anilines is 2. The van der Waals surface area contributed by atoms with Crippen molar-refractivity contribution < 1.29 is 4.74 Å². The maximum absolute atomic E-state index is 5.13. The van der Waals surface area contributed by atoms with Crippen molar-refractivity contribution in [1.82, 2.24) is 9.97 Å². The molecule has 1 aliphatic carbocycles. The van der Waals surface area contributed by atoms with Crippen molar-refractivity contribution in [2.75, 3.05) is 37.1 Å². The zero-order valence-corrected chi connectivity index (χ0v) is 13.3. The van der Waals surface area contributed by atoms with Gasteiger partial charge in [-0.05, 0) is 26.0 Å². The monoisotopic (exact) mass is 296 g/mol. The molecular weight excluding hydrogens is 272 g/mol. The smallest absolute Gasteiger partial charge is 0.158 e. The number of rotatable bonds is 8. The summed E-state index contributed by atoms with van der Waals surface area (Å²) in [5.41, 5.74) is 0. The van der Waals surface area contributed by atoms with Crippen LogP contribution in [0.1, 0.15) is 32.0 Å². The second kappa shape index (κ2) is 7.13. The number of thioether (sulfide) groups is 1. The maximum Gasteiger partial charge on any atom is 0.158 e. The molecule has 112 valence electrons. The van der Waals surface area contributed by atoms with Crippen molar-refractivity contribution >= 4 is 23.4 Å². The van der Waals surface area contributed by atoms with Gasteiger partial charge < -0.3 is 15.4 Å². The van der Waals surface area contributed by atoms with E-state index in [2.05, 4.69) is 33.8 Å². The molecule has 1 aromatic rings. The lowest BCUT2D eigenvalue weighted by Gasteiger charge is -2.40. The fourth-order valence-corrected chi connectivity index (χ4v) is 3.24. The lowest BCUT2D eigenvalue weighted by molar-refractivity contribution is 0.178. The normalized spacial score (nSPS) is 16.6. The maximum atomic E-state index is 5.13. The van der Waals surface area contributed by atoms with Crippen LogP contribution in [-0.2, 0) is 11.3 Å². The Bertz CT molecular complexity index is 407. The topological polar surface area (TPSA) is 59.1 Å². The van der Waals surface area contributed by atoms with Gasteiger partial charge in [0, 0.05) is 31.0 Å². The Kier molecular flexibility index (Phi) is 5.48. The summed E-state index contributed by atoms with van der Waals surface area (Å²) >= 11 is 1.96. The van der Waals surface area contributed by atoms with Crippen LogP contribution in [0.2, 0.25) is 0 Å². The van der Waals surface area contributed by atoms with E-state index >= 15 is 0 Å². The standard InChI is InChI=1S/C14H24N4OS/c1-4-15-11-8-12(18-13(17-11)9-19-2)16-10-14(20-3)6-5-7-14/h8H,4-7,9-10H2,1-3H3,(H2,15,16,17,18). The average molecular weight is 296 g/mol. The van der Waals surface area contributed by atoms with Crippen molar-refractivity contribution in [1.29, 1.82) is 0 Å². The van der Waals surface area contributed by atoms with E-state index in [1.165, 1.54) is 19.3 Å². The Hall–Kier alpha value is -1.01. The van der Waals surface area contributed by atoms with E-state index in [0.717, 1.165) is 24.7 Å². The van der Waals surface area contributed by atoms with Gasteiger partial charge in [-0.2, -0.15) is 11.8 Å². The Morgan fingerprint density at radius 2 is 2.00 bits per heavy atom. The van der Waals surface area contributed by atoms with E-state index in [1.54, 1.807) is 7.11 Å².